The zero-order chi connectivity index (χ0) is 14.9. The first kappa shape index (κ1) is 14.3. The first-order valence-corrected chi connectivity index (χ1v) is 8.71. The average Bonchev–Trinajstić information content (AvgIpc) is 3.22. The summed E-state index contributed by atoms with van der Waals surface area (Å²) in [5, 5.41) is 4.40. The quantitative estimate of drug-likeness (QED) is 0.858. The van der Waals surface area contributed by atoms with E-state index in [0.717, 1.165) is 56.6 Å². The van der Waals surface area contributed by atoms with E-state index in [1.807, 2.05) is 0 Å². The Balaban J connectivity index is 1.29. The highest BCUT2D eigenvalue weighted by Crippen LogP contribution is 2.26. The maximum Gasteiger partial charge on any atom is 0.169 e. The second-order valence-electron chi connectivity index (χ2n) is 6.53. The molecule has 1 aromatic carbocycles. The Labute approximate surface area is 137 Å². The monoisotopic (exact) mass is 317 g/mol. The second kappa shape index (κ2) is 6.05. The number of piperazine rings is 1. The van der Waals surface area contributed by atoms with Gasteiger partial charge in [-0.15, -0.1) is 0 Å². The summed E-state index contributed by atoms with van der Waals surface area (Å²) < 4.78 is 5.58. The highest BCUT2D eigenvalue weighted by molar-refractivity contribution is 7.80. The number of benzene rings is 1. The van der Waals surface area contributed by atoms with E-state index in [9.17, 15) is 0 Å². The summed E-state index contributed by atoms with van der Waals surface area (Å²) in [5.41, 5.74) is 2.77. The normalized spacial score (nSPS) is 21.4. The van der Waals surface area contributed by atoms with Gasteiger partial charge in [0.1, 0.15) is 5.75 Å². The molecule has 0 unspecified atom stereocenters. The molecule has 0 aromatic heterocycles. The number of thiocarbonyl (C=S) groups is 1. The van der Waals surface area contributed by atoms with Crippen molar-refractivity contribution in [1.29, 1.82) is 0 Å². The van der Waals surface area contributed by atoms with Crippen LogP contribution in [-0.2, 0) is 13.0 Å². The second-order valence-corrected chi connectivity index (χ2v) is 6.91. The number of nitrogens with one attached hydrogen (secondary N) is 1. The van der Waals surface area contributed by atoms with E-state index in [-0.39, 0.29) is 0 Å². The largest absolute Gasteiger partial charge is 0.493 e. The van der Waals surface area contributed by atoms with Gasteiger partial charge in [-0.3, -0.25) is 4.90 Å². The number of nitrogens with zero attached hydrogens (tertiary/aromatic N) is 2. The van der Waals surface area contributed by atoms with Crippen LogP contribution in [0, 0.1) is 0 Å². The van der Waals surface area contributed by atoms with Gasteiger partial charge in [-0.25, -0.2) is 0 Å². The van der Waals surface area contributed by atoms with Crippen LogP contribution in [0.1, 0.15) is 24.0 Å². The zero-order valence-corrected chi connectivity index (χ0v) is 13.7. The number of fused-ring (bicyclic) bond motifs is 1. The van der Waals surface area contributed by atoms with Crippen LogP contribution in [0.3, 0.4) is 0 Å². The van der Waals surface area contributed by atoms with Gasteiger partial charge >= 0.3 is 0 Å². The summed E-state index contributed by atoms with van der Waals surface area (Å²) in [5.74, 6) is 1.07. The van der Waals surface area contributed by atoms with E-state index in [1.54, 1.807) is 0 Å². The molecule has 4 rings (SSSR count). The lowest BCUT2D eigenvalue weighted by atomic mass is 10.1. The van der Waals surface area contributed by atoms with Crippen molar-refractivity contribution in [2.24, 2.45) is 0 Å². The standard InChI is InChI=1S/C17H23N3OS/c22-17(18-15-2-3-15)20-8-6-19(7-9-20)12-13-1-4-16-14(11-13)5-10-21-16/h1,4,11,15H,2-3,5-10,12H2,(H,18,22). The van der Waals surface area contributed by atoms with Crippen LogP contribution in [0.25, 0.3) is 0 Å². The molecule has 1 aliphatic carbocycles. The molecule has 0 radical (unpaired) electrons. The molecule has 5 heteroatoms. The van der Waals surface area contributed by atoms with E-state index in [0.29, 0.717) is 6.04 Å². The van der Waals surface area contributed by atoms with Crippen molar-refractivity contribution in [3.05, 3.63) is 29.3 Å². The number of ether oxygens (including phenoxy) is 1. The third-order valence-electron chi connectivity index (χ3n) is 4.72. The van der Waals surface area contributed by atoms with Crippen LogP contribution < -0.4 is 10.1 Å². The van der Waals surface area contributed by atoms with Crippen LogP contribution in [0.15, 0.2) is 18.2 Å². The fourth-order valence-electron chi connectivity index (χ4n) is 3.20. The van der Waals surface area contributed by atoms with Gasteiger partial charge < -0.3 is 15.0 Å². The fraction of sp³-hybridized carbons (Fsp3) is 0.588. The lowest BCUT2D eigenvalue weighted by molar-refractivity contribution is 0.174. The summed E-state index contributed by atoms with van der Waals surface area (Å²) in [7, 11) is 0. The van der Waals surface area contributed by atoms with Gasteiger partial charge in [-0.2, -0.15) is 0 Å². The Bertz CT molecular complexity index is 565. The Morgan fingerprint density at radius 2 is 2.05 bits per heavy atom. The molecule has 4 nitrogen and oxygen atoms in total. The number of hydrogen-bond acceptors (Lipinski definition) is 3. The van der Waals surface area contributed by atoms with Crippen LogP contribution in [0.4, 0.5) is 0 Å². The molecule has 2 aliphatic heterocycles. The molecule has 118 valence electrons. The molecule has 2 fully saturated rings. The predicted molar refractivity (Wildman–Crippen MR) is 91.2 cm³/mol. The molecule has 0 bridgehead atoms. The van der Waals surface area contributed by atoms with Crippen molar-refractivity contribution >= 4 is 17.3 Å². The van der Waals surface area contributed by atoms with Gasteiger partial charge in [0, 0.05) is 45.2 Å². The molecule has 3 aliphatic rings. The number of rotatable bonds is 3. The molecule has 2 heterocycles. The van der Waals surface area contributed by atoms with Crippen molar-refractivity contribution in [2.45, 2.75) is 31.8 Å². The third kappa shape index (κ3) is 3.20. The van der Waals surface area contributed by atoms with Crippen molar-refractivity contribution in [2.75, 3.05) is 32.8 Å². The maximum atomic E-state index is 5.58. The molecular weight excluding hydrogens is 294 g/mol. The van der Waals surface area contributed by atoms with E-state index in [2.05, 4.69) is 33.3 Å². The van der Waals surface area contributed by atoms with Crippen LogP contribution >= 0.6 is 12.2 Å². The van der Waals surface area contributed by atoms with E-state index < -0.39 is 0 Å². The number of hydrogen-bond donors (Lipinski definition) is 1. The minimum atomic E-state index is 0.652. The lowest BCUT2D eigenvalue weighted by Crippen LogP contribution is -2.51. The molecule has 0 amide bonds. The molecule has 1 saturated carbocycles. The van der Waals surface area contributed by atoms with Gasteiger partial charge in [0.25, 0.3) is 0 Å². The summed E-state index contributed by atoms with van der Waals surface area (Å²) in [6, 6.07) is 7.30. The summed E-state index contributed by atoms with van der Waals surface area (Å²) >= 11 is 5.50. The molecule has 0 atom stereocenters. The Hall–Kier alpha value is -1.33. The smallest absolute Gasteiger partial charge is 0.169 e. The lowest BCUT2D eigenvalue weighted by Gasteiger charge is -2.36. The Morgan fingerprint density at radius 3 is 2.82 bits per heavy atom. The van der Waals surface area contributed by atoms with E-state index in [4.69, 9.17) is 17.0 Å². The molecule has 22 heavy (non-hydrogen) atoms. The van der Waals surface area contributed by atoms with Crippen LogP contribution in [-0.4, -0.2) is 53.7 Å². The third-order valence-corrected chi connectivity index (χ3v) is 5.10. The maximum absolute atomic E-state index is 5.58. The highest BCUT2D eigenvalue weighted by atomic mass is 32.1. The van der Waals surface area contributed by atoms with Gasteiger partial charge in [-0.1, -0.05) is 12.1 Å². The fourth-order valence-corrected chi connectivity index (χ4v) is 3.55. The van der Waals surface area contributed by atoms with E-state index >= 15 is 0 Å². The summed E-state index contributed by atoms with van der Waals surface area (Å²) in [4.78, 5) is 4.84. The zero-order valence-electron chi connectivity index (χ0n) is 12.9. The first-order chi connectivity index (χ1) is 10.8. The molecule has 1 saturated heterocycles. The predicted octanol–water partition coefficient (Wildman–Crippen LogP) is 1.78. The molecule has 0 spiro atoms. The van der Waals surface area contributed by atoms with Crippen molar-refractivity contribution < 1.29 is 4.74 Å². The van der Waals surface area contributed by atoms with Crippen LogP contribution in [0.5, 0.6) is 5.75 Å². The highest BCUT2D eigenvalue weighted by Gasteiger charge is 2.25. The Kier molecular flexibility index (Phi) is 3.92. The van der Waals surface area contributed by atoms with Crippen molar-refractivity contribution in [3.63, 3.8) is 0 Å². The Morgan fingerprint density at radius 1 is 1.23 bits per heavy atom. The van der Waals surface area contributed by atoms with Gasteiger partial charge in [0.2, 0.25) is 0 Å². The van der Waals surface area contributed by atoms with Gasteiger partial charge in [-0.05, 0) is 42.3 Å². The van der Waals surface area contributed by atoms with Gasteiger partial charge in [0.15, 0.2) is 5.11 Å². The van der Waals surface area contributed by atoms with Crippen molar-refractivity contribution in [1.82, 2.24) is 15.1 Å². The summed E-state index contributed by atoms with van der Waals surface area (Å²) in [6.45, 7) is 6.10. The first-order valence-electron chi connectivity index (χ1n) is 8.30. The molecular formula is C17H23N3OS. The SMILES string of the molecule is S=C(NC1CC1)N1CCN(Cc2ccc3c(c2)CCO3)CC1. The minimum Gasteiger partial charge on any atom is -0.493 e. The van der Waals surface area contributed by atoms with Crippen LogP contribution in [0.2, 0.25) is 0 Å². The summed E-state index contributed by atoms with van der Waals surface area (Å²) in [6.07, 6.45) is 3.61. The van der Waals surface area contributed by atoms with Crippen molar-refractivity contribution in [3.8, 4) is 5.75 Å². The topological polar surface area (TPSA) is 27.7 Å². The minimum absolute atomic E-state index is 0.652. The van der Waals surface area contributed by atoms with Gasteiger partial charge in [0.05, 0.1) is 6.61 Å². The van der Waals surface area contributed by atoms with E-state index in [1.165, 1.54) is 24.0 Å². The average molecular weight is 317 g/mol. The molecule has 1 aromatic rings. The molecule has 1 N–H and O–H groups in total.